The summed E-state index contributed by atoms with van der Waals surface area (Å²) in [6.07, 6.45) is 2.53. The maximum atomic E-state index is 13.2. The molecule has 0 saturated heterocycles. The normalized spacial score (nSPS) is 11.2. The molecule has 0 spiro atoms. The number of amides is 1. The lowest BCUT2D eigenvalue weighted by Gasteiger charge is -2.14. The summed E-state index contributed by atoms with van der Waals surface area (Å²) in [6.45, 7) is 5.54. The van der Waals surface area contributed by atoms with Crippen LogP contribution in [0.5, 0.6) is 0 Å². The Morgan fingerprint density at radius 1 is 1.00 bits per heavy atom. The summed E-state index contributed by atoms with van der Waals surface area (Å²) in [6, 6.07) is 14.5. The van der Waals surface area contributed by atoms with Gasteiger partial charge in [-0.1, -0.05) is 49.7 Å². The van der Waals surface area contributed by atoms with Gasteiger partial charge in [-0.15, -0.1) is 0 Å². The number of para-hydroxylation sites is 1. The standard InChI is InChI=1S/C25H30ClN3O3/c1-18(2)14-15-27-23(30)9-5-6-16-28-24(31)21-7-3-4-8-22(21)29(25(28)32)17-19-10-12-20(26)13-11-19/h3-4,7-8,10-13,18H,5-6,9,14-17H2,1-2H3,(H,27,30). The van der Waals surface area contributed by atoms with Gasteiger partial charge in [0.2, 0.25) is 5.91 Å². The predicted molar refractivity (Wildman–Crippen MR) is 129 cm³/mol. The van der Waals surface area contributed by atoms with Crippen molar-refractivity contribution in [2.75, 3.05) is 6.54 Å². The molecule has 0 atom stereocenters. The van der Waals surface area contributed by atoms with Gasteiger partial charge < -0.3 is 5.32 Å². The van der Waals surface area contributed by atoms with Crippen LogP contribution in [0.4, 0.5) is 0 Å². The molecule has 0 saturated carbocycles. The summed E-state index contributed by atoms with van der Waals surface area (Å²) in [5, 5.41) is 4.05. The van der Waals surface area contributed by atoms with Crippen LogP contribution in [0, 0.1) is 5.92 Å². The Morgan fingerprint density at radius 3 is 2.44 bits per heavy atom. The lowest BCUT2D eigenvalue weighted by Crippen LogP contribution is -2.40. The zero-order valence-electron chi connectivity index (χ0n) is 18.6. The van der Waals surface area contributed by atoms with Crippen LogP contribution in [-0.2, 0) is 17.9 Å². The van der Waals surface area contributed by atoms with E-state index in [4.69, 9.17) is 11.6 Å². The van der Waals surface area contributed by atoms with Crippen molar-refractivity contribution in [3.05, 3.63) is 80.0 Å². The largest absolute Gasteiger partial charge is 0.356 e. The lowest BCUT2D eigenvalue weighted by molar-refractivity contribution is -0.121. The van der Waals surface area contributed by atoms with Crippen molar-refractivity contribution in [1.82, 2.24) is 14.5 Å². The zero-order chi connectivity index (χ0) is 23.1. The smallest absolute Gasteiger partial charge is 0.331 e. The third-order valence-corrected chi connectivity index (χ3v) is 5.72. The molecule has 0 fully saturated rings. The van der Waals surface area contributed by atoms with E-state index >= 15 is 0 Å². The quantitative estimate of drug-likeness (QED) is 0.466. The first kappa shape index (κ1) is 23.8. The van der Waals surface area contributed by atoms with Gasteiger partial charge in [-0.3, -0.25) is 18.7 Å². The minimum atomic E-state index is -0.343. The van der Waals surface area contributed by atoms with Gasteiger partial charge >= 0.3 is 5.69 Å². The number of nitrogens with zero attached hydrogens (tertiary/aromatic N) is 2. The number of unbranched alkanes of at least 4 members (excludes halogenated alkanes) is 1. The molecule has 3 aromatic rings. The van der Waals surface area contributed by atoms with E-state index < -0.39 is 0 Å². The summed E-state index contributed by atoms with van der Waals surface area (Å²) in [5.74, 6) is 0.557. The van der Waals surface area contributed by atoms with E-state index in [1.165, 1.54) is 4.57 Å². The van der Waals surface area contributed by atoms with E-state index in [9.17, 15) is 14.4 Å². The number of hydrogen-bond donors (Lipinski definition) is 1. The Morgan fingerprint density at radius 2 is 1.72 bits per heavy atom. The fourth-order valence-electron chi connectivity index (χ4n) is 3.64. The van der Waals surface area contributed by atoms with Crippen LogP contribution in [0.15, 0.2) is 58.1 Å². The Labute approximate surface area is 192 Å². The van der Waals surface area contributed by atoms with Crippen LogP contribution in [0.2, 0.25) is 5.02 Å². The third-order valence-electron chi connectivity index (χ3n) is 5.47. The molecule has 2 aromatic carbocycles. The van der Waals surface area contributed by atoms with Gasteiger partial charge in [-0.2, -0.15) is 0 Å². The lowest BCUT2D eigenvalue weighted by atomic mass is 10.1. The number of rotatable bonds is 10. The van der Waals surface area contributed by atoms with Gasteiger partial charge in [-0.25, -0.2) is 4.79 Å². The van der Waals surface area contributed by atoms with Crippen molar-refractivity contribution in [2.45, 2.75) is 52.6 Å². The Balaban J connectivity index is 1.75. The van der Waals surface area contributed by atoms with E-state index in [-0.39, 0.29) is 23.7 Å². The van der Waals surface area contributed by atoms with Crippen molar-refractivity contribution in [3.8, 4) is 0 Å². The maximum Gasteiger partial charge on any atom is 0.331 e. The molecular weight excluding hydrogens is 426 g/mol. The van der Waals surface area contributed by atoms with Crippen molar-refractivity contribution in [1.29, 1.82) is 0 Å². The zero-order valence-corrected chi connectivity index (χ0v) is 19.4. The molecule has 0 bridgehead atoms. The first-order valence-corrected chi connectivity index (χ1v) is 11.5. The molecule has 6 nitrogen and oxygen atoms in total. The van der Waals surface area contributed by atoms with Gasteiger partial charge in [0.25, 0.3) is 5.56 Å². The van der Waals surface area contributed by atoms with Crippen LogP contribution in [-0.4, -0.2) is 21.6 Å². The average molecular weight is 456 g/mol. The van der Waals surface area contributed by atoms with Crippen molar-refractivity contribution >= 4 is 28.4 Å². The first-order valence-electron chi connectivity index (χ1n) is 11.1. The van der Waals surface area contributed by atoms with Crippen molar-refractivity contribution in [3.63, 3.8) is 0 Å². The second-order valence-electron chi connectivity index (χ2n) is 8.46. The summed E-state index contributed by atoms with van der Waals surface area (Å²) >= 11 is 5.98. The highest BCUT2D eigenvalue weighted by Crippen LogP contribution is 2.13. The number of benzene rings is 2. The SMILES string of the molecule is CC(C)CCNC(=O)CCCCn1c(=O)c2ccccc2n(Cc2ccc(Cl)cc2)c1=O. The molecule has 3 rings (SSSR count). The first-order chi connectivity index (χ1) is 15.4. The van der Waals surface area contributed by atoms with E-state index in [1.54, 1.807) is 34.9 Å². The molecular formula is C25H30ClN3O3. The molecule has 170 valence electrons. The fourth-order valence-corrected chi connectivity index (χ4v) is 3.76. The average Bonchev–Trinajstić information content (AvgIpc) is 2.77. The van der Waals surface area contributed by atoms with Gasteiger partial charge in [0.15, 0.2) is 0 Å². The van der Waals surface area contributed by atoms with E-state index in [0.29, 0.717) is 54.2 Å². The van der Waals surface area contributed by atoms with Crippen LogP contribution in [0.1, 0.15) is 45.1 Å². The molecule has 1 N–H and O–H groups in total. The molecule has 0 aliphatic carbocycles. The summed E-state index contributed by atoms with van der Waals surface area (Å²) in [7, 11) is 0. The summed E-state index contributed by atoms with van der Waals surface area (Å²) in [4.78, 5) is 38.2. The van der Waals surface area contributed by atoms with Crippen LogP contribution >= 0.6 is 11.6 Å². The van der Waals surface area contributed by atoms with E-state index in [0.717, 1.165) is 12.0 Å². The molecule has 0 unspecified atom stereocenters. The second-order valence-corrected chi connectivity index (χ2v) is 8.90. The number of fused-ring (bicyclic) bond motifs is 1. The molecule has 32 heavy (non-hydrogen) atoms. The van der Waals surface area contributed by atoms with Crippen LogP contribution < -0.4 is 16.6 Å². The minimum Gasteiger partial charge on any atom is -0.356 e. The Kier molecular flexibility index (Phi) is 8.28. The number of carbonyl (C=O) groups excluding carboxylic acids is 1. The topological polar surface area (TPSA) is 73.1 Å². The van der Waals surface area contributed by atoms with Gasteiger partial charge in [0.05, 0.1) is 17.4 Å². The highest BCUT2D eigenvalue weighted by atomic mass is 35.5. The second kappa shape index (κ2) is 11.1. The van der Waals surface area contributed by atoms with Gasteiger partial charge in [0.1, 0.15) is 0 Å². The summed E-state index contributed by atoms with van der Waals surface area (Å²) in [5.41, 5.74) is 0.896. The number of carbonyl (C=O) groups is 1. The highest BCUT2D eigenvalue weighted by molar-refractivity contribution is 6.30. The molecule has 0 aliphatic rings. The molecule has 7 heteroatoms. The van der Waals surface area contributed by atoms with E-state index in [2.05, 4.69) is 19.2 Å². The third kappa shape index (κ3) is 6.10. The number of aromatic nitrogens is 2. The Hall–Kier alpha value is -2.86. The van der Waals surface area contributed by atoms with Crippen LogP contribution in [0.25, 0.3) is 10.9 Å². The number of halogens is 1. The number of hydrogen-bond acceptors (Lipinski definition) is 3. The monoisotopic (exact) mass is 455 g/mol. The predicted octanol–water partition coefficient (Wildman–Crippen LogP) is 4.20. The molecule has 0 aliphatic heterocycles. The molecule has 1 amide bonds. The minimum absolute atomic E-state index is 0.0108. The van der Waals surface area contributed by atoms with Gasteiger partial charge in [0, 0.05) is 24.5 Å². The van der Waals surface area contributed by atoms with Gasteiger partial charge in [-0.05, 0) is 55.0 Å². The maximum absolute atomic E-state index is 13.2. The molecule has 1 heterocycles. The number of nitrogens with one attached hydrogen (secondary N) is 1. The fraction of sp³-hybridized carbons (Fsp3) is 0.400. The van der Waals surface area contributed by atoms with E-state index in [1.807, 2.05) is 18.2 Å². The van der Waals surface area contributed by atoms with Crippen molar-refractivity contribution < 1.29 is 4.79 Å². The van der Waals surface area contributed by atoms with Crippen molar-refractivity contribution in [2.24, 2.45) is 5.92 Å². The Bertz CT molecular complexity index is 1180. The molecule has 0 radical (unpaired) electrons. The van der Waals surface area contributed by atoms with Crippen LogP contribution in [0.3, 0.4) is 0 Å². The highest BCUT2D eigenvalue weighted by Gasteiger charge is 2.13. The molecule has 1 aromatic heterocycles. The summed E-state index contributed by atoms with van der Waals surface area (Å²) < 4.78 is 2.91.